The average Bonchev–Trinajstić information content (AvgIpc) is 2.43. The zero-order valence-corrected chi connectivity index (χ0v) is 13.2. The number of ether oxygens (including phenoxy) is 1. The van der Waals surface area contributed by atoms with Crippen LogP contribution < -0.4 is 14.8 Å². The Labute approximate surface area is 125 Å². The Hall–Kier alpha value is -1.64. The summed E-state index contributed by atoms with van der Waals surface area (Å²) in [6.07, 6.45) is 0. The fraction of sp³-hybridized carbons (Fsp3) is 0.462. The second-order valence-electron chi connectivity index (χ2n) is 4.63. The minimum Gasteiger partial charge on any atom is -0.484 e. The highest BCUT2D eigenvalue weighted by molar-refractivity contribution is 7.87. The quantitative estimate of drug-likeness (QED) is 0.655. The third-order valence-electron chi connectivity index (χ3n) is 2.60. The molecular weight excluding hydrogens is 294 g/mol. The van der Waals surface area contributed by atoms with Crippen molar-refractivity contribution in [1.82, 2.24) is 14.3 Å². The second-order valence-corrected chi connectivity index (χ2v) is 6.60. The third-order valence-corrected chi connectivity index (χ3v) is 4.13. The Morgan fingerprint density at radius 2 is 1.81 bits per heavy atom. The van der Waals surface area contributed by atoms with Crippen LogP contribution in [-0.4, -0.2) is 52.4 Å². The number of amides is 1. The monoisotopic (exact) mass is 315 g/mol. The molecular formula is C13H21N3O4S. The maximum Gasteiger partial charge on any atom is 0.278 e. The lowest BCUT2D eigenvalue weighted by Gasteiger charge is -2.12. The van der Waals surface area contributed by atoms with Gasteiger partial charge in [-0.2, -0.15) is 12.7 Å². The van der Waals surface area contributed by atoms with E-state index in [1.165, 1.54) is 14.1 Å². The van der Waals surface area contributed by atoms with Crippen molar-refractivity contribution in [3.63, 3.8) is 0 Å². The van der Waals surface area contributed by atoms with E-state index >= 15 is 0 Å². The van der Waals surface area contributed by atoms with E-state index in [2.05, 4.69) is 10.0 Å². The van der Waals surface area contributed by atoms with E-state index in [-0.39, 0.29) is 25.6 Å². The van der Waals surface area contributed by atoms with Crippen LogP contribution in [0, 0.1) is 6.92 Å². The lowest BCUT2D eigenvalue weighted by atomic mass is 10.2. The number of hydrogen-bond acceptors (Lipinski definition) is 4. The van der Waals surface area contributed by atoms with Crippen molar-refractivity contribution < 1.29 is 17.9 Å². The Morgan fingerprint density at radius 1 is 1.19 bits per heavy atom. The smallest absolute Gasteiger partial charge is 0.278 e. The summed E-state index contributed by atoms with van der Waals surface area (Å²) in [5.74, 6) is 0.309. The van der Waals surface area contributed by atoms with Gasteiger partial charge in [-0.25, -0.2) is 4.72 Å². The molecule has 0 fully saturated rings. The van der Waals surface area contributed by atoms with Crippen LogP contribution >= 0.6 is 0 Å². The van der Waals surface area contributed by atoms with E-state index < -0.39 is 10.2 Å². The maximum atomic E-state index is 11.5. The third kappa shape index (κ3) is 6.56. The molecule has 0 aliphatic carbocycles. The van der Waals surface area contributed by atoms with Gasteiger partial charge in [0.05, 0.1) is 0 Å². The summed E-state index contributed by atoms with van der Waals surface area (Å²) >= 11 is 0. The highest BCUT2D eigenvalue weighted by Crippen LogP contribution is 2.10. The van der Waals surface area contributed by atoms with Gasteiger partial charge in [-0.3, -0.25) is 4.79 Å². The number of benzene rings is 1. The summed E-state index contributed by atoms with van der Waals surface area (Å²) in [5.41, 5.74) is 1.11. The molecule has 0 saturated heterocycles. The van der Waals surface area contributed by atoms with Gasteiger partial charge >= 0.3 is 0 Å². The first kappa shape index (κ1) is 17.4. The SMILES string of the molecule is Cc1ccc(OCC(=O)NCCNS(=O)(=O)N(C)C)cc1. The van der Waals surface area contributed by atoms with Gasteiger partial charge in [0, 0.05) is 27.2 Å². The van der Waals surface area contributed by atoms with Crippen LogP contribution in [0.5, 0.6) is 5.75 Å². The molecule has 0 unspecified atom stereocenters. The molecule has 1 rings (SSSR count). The first-order valence-corrected chi connectivity index (χ1v) is 7.88. The molecule has 0 radical (unpaired) electrons. The van der Waals surface area contributed by atoms with Crippen LogP contribution in [0.25, 0.3) is 0 Å². The Morgan fingerprint density at radius 3 is 2.38 bits per heavy atom. The highest BCUT2D eigenvalue weighted by atomic mass is 32.2. The molecule has 1 amide bonds. The molecule has 0 bridgehead atoms. The van der Waals surface area contributed by atoms with Crippen molar-refractivity contribution in [2.75, 3.05) is 33.8 Å². The van der Waals surface area contributed by atoms with E-state index in [9.17, 15) is 13.2 Å². The summed E-state index contributed by atoms with van der Waals surface area (Å²) in [4.78, 5) is 11.5. The van der Waals surface area contributed by atoms with Crippen molar-refractivity contribution in [2.24, 2.45) is 0 Å². The number of nitrogens with one attached hydrogen (secondary N) is 2. The molecule has 1 aromatic carbocycles. The largest absolute Gasteiger partial charge is 0.484 e. The Bertz CT molecular complexity index is 555. The van der Waals surface area contributed by atoms with Gasteiger partial charge in [-0.15, -0.1) is 0 Å². The molecule has 1 aromatic rings. The van der Waals surface area contributed by atoms with Gasteiger partial charge in [-0.05, 0) is 19.1 Å². The molecule has 0 spiro atoms. The predicted octanol–water partition coefficient (Wildman–Crippen LogP) is -0.114. The molecule has 0 saturated carbocycles. The number of rotatable bonds is 8. The minimum absolute atomic E-state index is 0.108. The second kappa shape index (κ2) is 7.96. The van der Waals surface area contributed by atoms with Gasteiger partial charge in [0.25, 0.3) is 16.1 Å². The molecule has 0 atom stereocenters. The first-order chi connectivity index (χ1) is 9.81. The van der Waals surface area contributed by atoms with Gasteiger partial charge in [0.2, 0.25) is 0 Å². The normalized spacial score (nSPS) is 11.4. The van der Waals surface area contributed by atoms with Crippen LogP contribution in [0.3, 0.4) is 0 Å². The summed E-state index contributed by atoms with van der Waals surface area (Å²) in [6.45, 7) is 2.18. The van der Waals surface area contributed by atoms with Gasteiger partial charge in [0.1, 0.15) is 5.75 Å². The Balaban J connectivity index is 2.21. The number of hydrogen-bond donors (Lipinski definition) is 2. The van der Waals surface area contributed by atoms with Crippen molar-refractivity contribution in [2.45, 2.75) is 6.92 Å². The summed E-state index contributed by atoms with van der Waals surface area (Å²) < 4.78 is 31.5. The van der Waals surface area contributed by atoms with Crippen LogP contribution in [-0.2, 0) is 15.0 Å². The summed E-state index contributed by atoms with van der Waals surface area (Å²) in [5, 5.41) is 2.57. The first-order valence-electron chi connectivity index (χ1n) is 6.44. The number of carbonyl (C=O) groups excluding carboxylic acids is 1. The summed E-state index contributed by atoms with van der Waals surface area (Å²) in [7, 11) is -0.601. The van der Waals surface area contributed by atoms with Crippen molar-refractivity contribution in [3.8, 4) is 5.75 Å². The fourth-order valence-electron chi connectivity index (χ4n) is 1.35. The zero-order valence-electron chi connectivity index (χ0n) is 12.4. The maximum absolute atomic E-state index is 11.5. The molecule has 0 aliphatic rings. The van der Waals surface area contributed by atoms with E-state index in [0.29, 0.717) is 5.75 Å². The van der Waals surface area contributed by atoms with Crippen LogP contribution in [0.2, 0.25) is 0 Å². The van der Waals surface area contributed by atoms with Gasteiger partial charge in [-0.1, -0.05) is 17.7 Å². The average molecular weight is 315 g/mol. The van der Waals surface area contributed by atoms with Crippen molar-refractivity contribution >= 4 is 16.1 Å². The Kier molecular flexibility index (Phi) is 6.60. The summed E-state index contributed by atoms with van der Waals surface area (Å²) in [6, 6.07) is 7.36. The fourth-order valence-corrected chi connectivity index (χ4v) is 1.96. The van der Waals surface area contributed by atoms with E-state index in [0.717, 1.165) is 9.87 Å². The topological polar surface area (TPSA) is 87.7 Å². The zero-order chi connectivity index (χ0) is 15.9. The predicted molar refractivity (Wildman–Crippen MR) is 80.3 cm³/mol. The molecule has 0 aromatic heterocycles. The highest BCUT2D eigenvalue weighted by Gasteiger charge is 2.11. The van der Waals surface area contributed by atoms with E-state index in [4.69, 9.17) is 4.74 Å². The number of nitrogens with zero attached hydrogens (tertiary/aromatic N) is 1. The van der Waals surface area contributed by atoms with Crippen LogP contribution in [0.4, 0.5) is 0 Å². The molecule has 7 nitrogen and oxygen atoms in total. The molecule has 118 valence electrons. The molecule has 21 heavy (non-hydrogen) atoms. The van der Waals surface area contributed by atoms with Crippen LogP contribution in [0.1, 0.15) is 5.56 Å². The van der Waals surface area contributed by atoms with Gasteiger partial charge in [0.15, 0.2) is 6.61 Å². The van der Waals surface area contributed by atoms with Crippen molar-refractivity contribution in [1.29, 1.82) is 0 Å². The van der Waals surface area contributed by atoms with Gasteiger partial charge < -0.3 is 10.1 Å². The van der Waals surface area contributed by atoms with E-state index in [1.807, 2.05) is 19.1 Å². The number of aryl methyl sites for hydroxylation is 1. The van der Waals surface area contributed by atoms with Crippen LogP contribution in [0.15, 0.2) is 24.3 Å². The standard InChI is InChI=1S/C13H21N3O4S/c1-11-4-6-12(7-5-11)20-10-13(17)14-8-9-15-21(18,19)16(2)3/h4-7,15H,8-10H2,1-3H3,(H,14,17). The lowest BCUT2D eigenvalue weighted by Crippen LogP contribution is -2.41. The minimum atomic E-state index is -3.45. The van der Waals surface area contributed by atoms with E-state index in [1.54, 1.807) is 12.1 Å². The molecule has 0 aliphatic heterocycles. The van der Waals surface area contributed by atoms with Crippen molar-refractivity contribution in [3.05, 3.63) is 29.8 Å². The molecule has 0 heterocycles. The lowest BCUT2D eigenvalue weighted by molar-refractivity contribution is -0.123. The molecule has 8 heteroatoms. The number of carbonyl (C=O) groups is 1. The molecule has 2 N–H and O–H groups in total.